The highest BCUT2D eigenvalue weighted by Crippen LogP contribution is 2.24. The monoisotopic (exact) mass is 256 g/mol. The topological polar surface area (TPSA) is 34.1 Å². The van der Waals surface area contributed by atoms with E-state index in [9.17, 15) is 0 Å². The van der Waals surface area contributed by atoms with E-state index >= 15 is 0 Å². The van der Waals surface area contributed by atoms with E-state index in [1.54, 1.807) is 7.11 Å². The summed E-state index contributed by atoms with van der Waals surface area (Å²) in [5.74, 6) is 0.855. The standard InChI is InChI=1S/C16H20N2O/c1-19-15-8-7-12-9-14(11-17-16(12)10-15)18-13-5-3-2-4-6-13/h7-11,13,18H,2-6H2,1H3. The van der Waals surface area contributed by atoms with Gasteiger partial charge in [-0.1, -0.05) is 19.3 Å². The number of nitrogens with one attached hydrogen (secondary N) is 1. The lowest BCUT2D eigenvalue weighted by atomic mass is 9.95. The lowest BCUT2D eigenvalue weighted by Crippen LogP contribution is -2.22. The minimum Gasteiger partial charge on any atom is -0.497 e. The van der Waals surface area contributed by atoms with Crippen LogP contribution in [-0.2, 0) is 0 Å². The molecule has 0 saturated heterocycles. The summed E-state index contributed by atoms with van der Waals surface area (Å²) >= 11 is 0. The van der Waals surface area contributed by atoms with Crippen LogP contribution in [0.15, 0.2) is 30.5 Å². The molecule has 3 rings (SSSR count). The van der Waals surface area contributed by atoms with Gasteiger partial charge in [-0.3, -0.25) is 4.98 Å². The predicted molar refractivity (Wildman–Crippen MR) is 78.8 cm³/mol. The number of anilines is 1. The van der Waals surface area contributed by atoms with Crippen molar-refractivity contribution in [3.05, 3.63) is 30.5 Å². The van der Waals surface area contributed by atoms with E-state index < -0.39 is 0 Å². The van der Waals surface area contributed by atoms with Gasteiger partial charge in [0.1, 0.15) is 5.75 Å². The van der Waals surface area contributed by atoms with Crippen molar-refractivity contribution in [2.24, 2.45) is 0 Å². The fraction of sp³-hybridized carbons (Fsp3) is 0.438. The minimum atomic E-state index is 0.617. The van der Waals surface area contributed by atoms with Crippen molar-refractivity contribution in [1.82, 2.24) is 4.98 Å². The summed E-state index contributed by atoms with van der Waals surface area (Å²) in [4.78, 5) is 4.51. The van der Waals surface area contributed by atoms with Gasteiger partial charge in [0.2, 0.25) is 0 Å². The molecule has 3 heteroatoms. The summed E-state index contributed by atoms with van der Waals surface area (Å²) in [5.41, 5.74) is 2.11. The average Bonchev–Trinajstić information content (AvgIpc) is 2.48. The smallest absolute Gasteiger partial charge is 0.121 e. The molecule has 1 aromatic carbocycles. The van der Waals surface area contributed by atoms with E-state index in [2.05, 4.69) is 22.4 Å². The van der Waals surface area contributed by atoms with Crippen molar-refractivity contribution in [3.63, 3.8) is 0 Å². The minimum absolute atomic E-state index is 0.617. The molecule has 1 saturated carbocycles. The Hall–Kier alpha value is -1.77. The van der Waals surface area contributed by atoms with Gasteiger partial charge in [-0.15, -0.1) is 0 Å². The summed E-state index contributed by atoms with van der Waals surface area (Å²) < 4.78 is 5.22. The Kier molecular flexibility index (Phi) is 3.53. The van der Waals surface area contributed by atoms with Gasteiger partial charge in [0.25, 0.3) is 0 Å². The number of ether oxygens (including phenoxy) is 1. The molecule has 0 radical (unpaired) electrons. The number of fused-ring (bicyclic) bond motifs is 1. The number of hydrogen-bond acceptors (Lipinski definition) is 3. The van der Waals surface area contributed by atoms with E-state index in [1.165, 1.54) is 32.1 Å². The normalized spacial score (nSPS) is 16.5. The van der Waals surface area contributed by atoms with Crippen molar-refractivity contribution in [2.75, 3.05) is 12.4 Å². The fourth-order valence-electron chi connectivity index (χ4n) is 2.79. The molecule has 0 aliphatic heterocycles. The fourth-order valence-corrected chi connectivity index (χ4v) is 2.79. The first-order valence-corrected chi connectivity index (χ1v) is 7.05. The number of hydrogen-bond donors (Lipinski definition) is 1. The van der Waals surface area contributed by atoms with E-state index in [-0.39, 0.29) is 0 Å². The van der Waals surface area contributed by atoms with Gasteiger partial charge < -0.3 is 10.1 Å². The van der Waals surface area contributed by atoms with Gasteiger partial charge in [0.15, 0.2) is 0 Å². The molecular formula is C16H20N2O. The number of methoxy groups -OCH3 is 1. The number of benzene rings is 1. The van der Waals surface area contributed by atoms with Crippen LogP contribution in [0.5, 0.6) is 5.75 Å². The molecule has 2 aromatic rings. The zero-order valence-corrected chi connectivity index (χ0v) is 11.4. The molecule has 0 bridgehead atoms. The molecular weight excluding hydrogens is 236 g/mol. The lowest BCUT2D eigenvalue weighted by Gasteiger charge is -2.23. The molecule has 1 aliphatic carbocycles. The van der Waals surface area contributed by atoms with Crippen LogP contribution in [0.1, 0.15) is 32.1 Å². The van der Waals surface area contributed by atoms with Crippen LogP contribution in [0.3, 0.4) is 0 Å². The molecule has 100 valence electrons. The molecule has 0 unspecified atom stereocenters. The van der Waals surface area contributed by atoms with Gasteiger partial charge in [0.05, 0.1) is 24.5 Å². The Morgan fingerprint density at radius 2 is 2.00 bits per heavy atom. The Balaban J connectivity index is 1.80. The second-order valence-corrected chi connectivity index (χ2v) is 5.26. The summed E-state index contributed by atoms with van der Waals surface area (Å²) in [7, 11) is 1.68. The number of nitrogens with zero attached hydrogens (tertiary/aromatic N) is 1. The Labute approximate surface area is 114 Å². The Bertz CT molecular complexity index is 562. The van der Waals surface area contributed by atoms with Gasteiger partial charge in [0, 0.05) is 17.5 Å². The van der Waals surface area contributed by atoms with Gasteiger partial charge >= 0.3 is 0 Å². The molecule has 1 heterocycles. The van der Waals surface area contributed by atoms with Crippen LogP contribution in [0.25, 0.3) is 10.9 Å². The molecule has 1 fully saturated rings. The third kappa shape index (κ3) is 2.80. The highest BCUT2D eigenvalue weighted by Gasteiger charge is 2.13. The van der Waals surface area contributed by atoms with Crippen LogP contribution < -0.4 is 10.1 Å². The van der Waals surface area contributed by atoms with E-state index in [0.717, 1.165) is 22.3 Å². The van der Waals surface area contributed by atoms with Crippen LogP contribution in [-0.4, -0.2) is 18.1 Å². The largest absolute Gasteiger partial charge is 0.497 e. The first-order valence-electron chi connectivity index (χ1n) is 7.05. The zero-order valence-electron chi connectivity index (χ0n) is 11.4. The maximum Gasteiger partial charge on any atom is 0.121 e. The maximum atomic E-state index is 5.22. The van der Waals surface area contributed by atoms with Gasteiger partial charge in [-0.2, -0.15) is 0 Å². The van der Waals surface area contributed by atoms with Crippen molar-refractivity contribution in [1.29, 1.82) is 0 Å². The Morgan fingerprint density at radius 1 is 1.16 bits per heavy atom. The van der Waals surface area contributed by atoms with Crippen LogP contribution in [0.2, 0.25) is 0 Å². The van der Waals surface area contributed by atoms with Crippen molar-refractivity contribution >= 4 is 16.6 Å². The van der Waals surface area contributed by atoms with E-state index in [0.29, 0.717) is 6.04 Å². The van der Waals surface area contributed by atoms with Crippen LogP contribution in [0, 0.1) is 0 Å². The first kappa shape index (κ1) is 12.3. The second kappa shape index (κ2) is 5.47. The van der Waals surface area contributed by atoms with Crippen molar-refractivity contribution in [3.8, 4) is 5.75 Å². The third-order valence-corrected chi connectivity index (χ3v) is 3.87. The Morgan fingerprint density at radius 3 is 2.79 bits per heavy atom. The number of rotatable bonds is 3. The third-order valence-electron chi connectivity index (χ3n) is 3.87. The molecule has 1 N–H and O–H groups in total. The molecule has 1 aliphatic rings. The maximum absolute atomic E-state index is 5.22. The molecule has 3 nitrogen and oxygen atoms in total. The van der Waals surface area contributed by atoms with Gasteiger partial charge in [-0.25, -0.2) is 0 Å². The van der Waals surface area contributed by atoms with Crippen LogP contribution in [0.4, 0.5) is 5.69 Å². The first-order chi connectivity index (χ1) is 9.35. The molecule has 0 amide bonds. The number of aromatic nitrogens is 1. The van der Waals surface area contributed by atoms with Crippen molar-refractivity contribution < 1.29 is 4.74 Å². The molecule has 1 aromatic heterocycles. The molecule has 0 atom stereocenters. The highest BCUT2D eigenvalue weighted by atomic mass is 16.5. The summed E-state index contributed by atoms with van der Waals surface area (Å²) in [6.07, 6.45) is 8.55. The SMILES string of the molecule is COc1ccc2cc(NC3CCCCC3)cnc2c1. The lowest BCUT2D eigenvalue weighted by molar-refractivity contribution is 0.415. The van der Waals surface area contributed by atoms with Gasteiger partial charge in [-0.05, 0) is 31.0 Å². The van der Waals surface area contributed by atoms with E-state index in [1.807, 2.05) is 18.3 Å². The molecule has 19 heavy (non-hydrogen) atoms. The highest BCUT2D eigenvalue weighted by molar-refractivity contribution is 5.82. The average molecular weight is 256 g/mol. The summed E-state index contributed by atoms with van der Waals surface area (Å²) in [6, 6.07) is 8.81. The number of pyridine rings is 1. The van der Waals surface area contributed by atoms with Crippen molar-refractivity contribution in [2.45, 2.75) is 38.1 Å². The zero-order chi connectivity index (χ0) is 13.1. The summed E-state index contributed by atoms with van der Waals surface area (Å²) in [6.45, 7) is 0. The predicted octanol–water partition coefficient (Wildman–Crippen LogP) is 3.99. The molecule has 0 spiro atoms. The van der Waals surface area contributed by atoms with Crippen LogP contribution >= 0.6 is 0 Å². The summed E-state index contributed by atoms with van der Waals surface area (Å²) in [5, 5.41) is 4.76. The second-order valence-electron chi connectivity index (χ2n) is 5.26. The van der Waals surface area contributed by atoms with E-state index in [4.69, 9.17) is 4.74 Å². The quantitative estimate of drug-likeness (QED) is 0.901.